The number of imidazole rings is 1. The zero-order valence-corrected chi connectivity index (χ0v) is 35.9. The number of aromatic amines is 3. The van der Waals surface area contributed by atoms with E-state index in [1.165, 1.54) is 0 Å². The second kappa shape index (κ2) is 17.3. The largest absolute Gasteiger partial charge is 0.497 e. The van der Waals surface area contributed by atoms with E-state index in [2.05, 4.69) is 117 Å². The number of benzene rings is 6. The van der Waals surface area contributed by atoms with Crippen molar-refractivity contribution in [3.8, 4) is 102 Å². The SMILES string of the molecule is COc1cccc(-c2cc(-c3cccc(-c4c[nH]c(-c5ccc(-c6ccc(-c7nc(-c8cccc(C9CNC(c%10ccccc%10OC)=N9)c8)c[nH]7)c(OC)c6)c(OC)c5)c4)c3)c[nH]2)c1. The molecule has 0 saturated carbocycles. The molecule has 4 N–H and O–H groups in total. The van der Waals surface area contributed by atoms with Crippen molar-refractivity contribution in [1.29, 1.82) is 0 Å². The molecule has 10 heteroatoms. The van der Waals surface area contributed by atoms with Gasteiger partial charge in [-0.2, -0.15) is 0 Å². The van der Waals surface area contributed by atoms with Gasteiger partial charge in [-0.3, -0.25) is 4.99 Å². The number of rotatable bonds is 13. The van der Waals surface area contributed by atoms with E-state index >= 15 is 0 Å². The number of ether oxygens (including phenoxy) is 4. The number of methoxy groups -OCH3 is 4. The van der Waals surface area contributed by atoms with E-state index in [0.717, 1.165) is 107 Å². The lowest BCUT2D eigenvalue weighted by molar-refractivity contribution is 0.414. The van der Waals surface area contributed by atoms with Crippen molar-refractivity contribution in [2.75, 3.05) is 35.0 Å². The lowest BCUT2D eigenvalue weighted by atomic mass is 9.98. The first-order valence-electron chi connectivity index (χ1n) is 21.1. The van der Waals surface area contributed by atoms with Gasteiger partial charge >= 0.3 is 0 Å². The van der Waals surface area contributed by atoms with E-state index in [-0.39, 0.29) is 6.04 Å². The summed E-state index contributed by atoms with van der Waals surface area (Å²) in [6.45, 7) is 0.700. The highest BCUT2D eigenvalue weighted by molar-refractivity contribution is 6.02. The molecule has 0 saturated heterocycles. The first-order valence-corrected chi connectivity index (χ1v) is 21.1. The summed E-state index contributed by atoms with van der Waals surface area (Å²) in [7, 11) is 6.75. The molecule has 4 heterocycles. The van der Waals surface area contributed by atoms with Crippen molar-refractivity contribution in [3.63, 3.8) is 0 Å². The number of nitrogens with one attached hydrogen (secondary N) is 4. The van der Waals surface area contributed by atoms with Crippen LogP contribution in [0.5, 0.6) is 23.0 Å². The van der Waals surface area contributed by atoms with E-state index in [0.29, 0.717) is 18.1 Å². The Morgan fingerprint density at radius 2 is 1.09 bits per heavy atom. The first-order chi connectivity index (χ1) is 31.5. The fraction of sp³-hybridized carbons (Fsp3) is 0.111. The second-order valence-electron chi connectivity index (χ2n) is 15.6. The Morgan fingerprint density at radius 1 is 0.453 bits per heavy atom. The van der Waals surface area contributed by atoms with Crippen molar-refractivity contribution >= 4 is 5.84 Å². The van der Waals surface area contributed by atoms with Crippen LogP contribution in [0.25, 0.3) is 78.5 Å². The fourth-order valence-electron chi connectivity index (χ4n) is 8.43. The van der Waals surface area contributed by atoms with Gasteiger partial charge in [0.1, 0.15) is 34.7 Å². The van der Waals surface area contributed by atoms with Gasteiger partial charge in [-0.05, 0) is 106 Å². The monoisotopic (exact) mass is 842 g/mol. The molecule has 0 aliphatic carbocycles. The lowest BCUT2D eigenvalue weighted by Crippen LogP contribution is -2.20. The summed E-state index contributed by atoms with van der Waals surface area (Å²) in [6, 6.07) is 49.7. The Hall–Kier alpha value is -8.24. The molecule has 6 aromatic carbocycles. The van der Waals surface area contributed by atoms with Crippen LogP contribution in [0.2, 0.25) is 0 Å². The highest BCUT2D eigenvalue weighted by atomic mass is 16.5. The van der Waals surface area contributed by atoms with Crippen LogP contribution in [0.4, 0.5) is 0 Å². The minimum absolute atomic E-state index is 0.0304. The average molecular weight is 843 g/mol. The van der Waals surface area contributed by atoms with Crippen LogP contribution < -0.4 is 24.3 Å². The van der Waals surface area contributed by atoms with E-state index < -0.39 is 0 Å². The predicted molar refractivity (Wildman–Crippen MR) is 255 cm³/mol. The van der Waals surface area contributed by atoms with Crippen LogP contribution in [0.3, 0.4) is 0 Å². The molecular weight excluding hydrogens is 797 g/mol. The third-order valence-electron chi connectivity index (χ3n) is 11.8. The van der Waals surface area contributed by atoms with E-state index in [4.69, 9.17) is 28.9 Å². The average Bonchev–Trinajstić information content (AvgIpc) is 4.22. The zero-order valence-electron chi connectivity index (χ0n) is 35.9. The van der Waals surface area contributed by atoms with Gasteiger partial charge in [0, 0.05) is 58.8 Å². The topological polar surface area (TPSA) is 122 Å². The molecule has 10 rings (SSSR count). The van der Waals surface area contributed by atoms with Gasteiger partial charge < -0.3 is 39.2 Å². The molecule has 0 radical (unpaired) electrons. The summed E-state index contributed by atoms with van der Waals surface area (Å²) in [4.78, 5) is 20.4. The van der Waals surface area contributed by atoms with Crippen LogP contribution in [0.15, 0.2) is 169 Å². The van der Waals surface area contributed by atoms with Gasteiger partial charge in [0.2, 0.25) is 0 Å². The number of para-hydroxylation sites is 1. The minimum Gasteiger partial charge on any atom is -0.497 e. The molecule has 1 aliphatic rings. The normalized spacial score (nSPS) is 13.3. The maximum absolute atomic E-state index is 5.99. The van der Waals surface area contributed by atoms with Crippen LogP contribution in [0, 0.1) is 0 Å². The lowest BCUT2D eigenvalue weighted by Gasteiger charge is -2.13. The molecule has 0 fully saturated rings. The zero-order chi connectivity index (χ0) is 43.6. The molecule has 10 nitrogen and oxygen atoms in total. The summed E-state index contributed by atoms with van der Waals surface area (Å²) in [5.74, 6) is 4.62. The number of hydrogen-bond donors (Lipinski definition) is 4. The van der Waals surface area contributed by atoms with Gasteiger partial charge in [0.05, 0.1) is 51.3 Å². The smallest absolute Gasteiger partial charge is 0.141 e. The molecule has 0 bridgehead atoms. The van der Waals surface area contributed by atoms with Gasteiger partial charge in [0.25, 0.3) is 0 Å². The van der Waals surface area contributed by atoms with Gasteiger partial charge in [-0.1, -0.05) is 72.8 Å². The van der Waals surface area contributed by atoms with Gasteiger partial charge in [-0.15, -0.1) is 0 Å². The molecule has 0 amide bonds. The molecule has 0 spiro atoms. The molecule has 3 aromatic heterocycles. The molecule has 1 unspecified atom stereocenters. The third kappa shape index (κ3) is 7.77. The molecule has 64 heavy (non-hydrogen) atoms. The number of H-pyrrole nitrogens is 3. The van der Waals surface area contributed by atoms with E-state index in [9.17, 15) is 0 Å². The standard InChI is InChI=1S/C54H46N6O4/c1-61-42-15-9-14-38(24-42)46-25-40(29-55-46)33-10-7-11-34(22-33)41-26-47(56-30-41)39-19-20-43(51(28-39)63-3)35-18-21-45(52(27-35)64-4)54-58-32-49(60-54)37-13-8-12-36(23-37)48-31-57-53(59-48)44-16-5-6-17-50(44)62-2/h5-30,32,48,55-56H,31H2,1-4H3,(H,57,59)(H,58,60). The summed E-state index contributed by atoms with van der Waals surface area (Å²) in [5.41, 5.74) is 15.2. The van der Waals surface area contributed by atoms with Crippen molar-refractivity contribution in [2.45, 2.75) is 6.04 Å². The Morgan fingerprint density at radius 3 is 1.86 bits per heavy atom. The molecule has 1 atom stereocenters. The first kappa shape index (κ1) is 39.9. The third-order valence-corrected chi connectivity index (χ3v) is 11.8. The Labute approximate surface area is 371 Å². The summed E-state index contributed by atoms with van der Waals surface area (Å²) in [5, 5.41) is 3.47. The van der Waals surface area contributed by atoms with Crippen LogP contribution >= 0.6 is 0 Å². The number of amidine groups is 1. The van der Waals surface area contributed by atoms with Crippen molar-refractivity contribution in [2.24, 2.45) is 4.99 Å². The quantitative estimate of drug-likeness (QED) is 0.0917. The van der Waals surface area contributed by atoms with Crippen molar-refractivity contribution in [3.05, 3.63) is 175 Å². The van der Waals surface area contributed by atoms with Crippen LogP contribution in [-0.4, -0.2) is 60.8 Å². The number of aliphatic imine (C=N–C) groups is 1. The van der Waals surface area contributed by atoms with E-state index in [1.807, 2.05) is 67.0 Å². The van der Waals surface area contributed by atoms with E-state index in [1.54, 1.807) is 28.4 Å². The summed E-state index contributed by atoms with van der Waals surface area (Å²) in [6.07, 6.45) is 6.03. The molecule has 316 valence electrons. The number of hydrogen-bond acceptors (Lipinski definition) is 7. The Bertz CT molecular complexity index is 3160. The van der Waals surface area contributed by atoms with Crippen LogP contribution in [0.1, 0.15) is 17.2 Å². The summed E-state index contributed by atoms with van der Waals surface area (Å²) >= 11 is 0. The molecule has 1 aliphatic heterocycles. The second-order valence-corrected chi connectivity index (χ2v) is 15.6. The predicted octanol–water partition coefficient (Wildman–Crippen LogP) is 11.9. The van der Waals surface area contributed by atoms with Gasteiger partial charge in [-0.25, -0.2) is 4.98 Å². The minimum atomic E-state index is -0.0304. The molecule has 9 aromatic rings. The summed E-state index contributed by atoms with van der Waals surface area (Å²) < 4.78 is 23.0. The van der Waals surface area contributed by atoms with Gasteiger partial charge in [0.15, 0.2) is 0 Å². The number of aromatic nitrogens is 4. The highest BCUT2D eigenvalue weighted by Crippen LogP contribution is 2.40. The Kier molecular flexibility index (Phi) is 10.8. The highest BCUT2D eigenvalue weighted by Gasteiger charge is 2.23. The maximum atomic E-state index is 5.99. The Balaban J connectivity index is 0.859. The van der Waals surface area contributed by atoms with Crippen molar-refractivity contribution < 1.29 is 18.9 Å². The molecular formula is C54H46N6O4. The fourth-order valence-corrected chi connectivity index (χ4v) is 8.43. The maximum Gasteiger partial charge on any atom is 0.141 e. The van der Waals surface area contributed by atoms with Crippen LogP contribution in [-0.2, 0) is 0 Å². The number of nitrogens with zero attached hydrogens (tertiary/aromatic N) is 2. The van der Waals surface area contributed by atoms with Crippen molar-refractivity contribution in [1.82, 2.24) is 25.3 Å².